The minimum atomic E-state index is -3.32. The number of Topliss-reactive ketones (excluding diaryl/α,β-unsaturated/α-hetero) is 4. The SMILES string of the molecule is CCCCC(F)(F)C(=O)/C=C/[C@H]1CC[C@H](OC(C)=O)[C@@H]1CCCCCCC(=O)OC.CCCCC(F)(F)C(=O)CC[C@H]1CC[C@H](O)[C@@H]1CCCCCCC(=O)O.CCCCC(F)(F)C(=O)CC[C@H]1CC[C@H](O)[C@@H]1CCCCCCC(=O)O.CCCCC(F)(F)C(=O)CC[C@H]1CC[C@H](OC(C)=O)[C@@H]1CCCCCCC(=O)OC.CCCCCCC[C@@H]1[C@@H](CCC(=O)C(F)(F)CCCC)CC[C@@H]1O. The number of esters is 4. The average molecular weight is 1960 g/mol. The fourth-order valence-corrected chi connectivity index (χ4v) is 20.3. The molecule has 5 saturated carbocycles. The van der Waals surface area contributed by atoms with Gasteiger partial charge in [-0.2, -0.15) is 43.9 Å². The molecule has 5 rings (SSSR count). The van der Waals surface area contributed by atoms with Gasteiger partial charge in [-0.15, -0.1) is 0 Å². The van der Waals surface area contributed by atoms with Crippen LogP contribution < -0.4 is 0 Å². The normalized spacial score (nSPS) is 22.7. The zero-order valence-corrected chi connectivity index (χ0v) is 84.5. The summed E-state index contributed by atoms with van der Waals surface area (Å²) in [6, 6.07) is 0. The lowest BCUT2D eigenvalue weighted by molar-refractivity contribution is -0.149. The maximum atomic E-state index is 14.0. The lowest BCUT2D eigenvalue weighted by Gasteiger charge is -2.25. The Morgan fingerprint density at radius 2 is 0.537 bits per heavy atom. The third-order valence-electron chi connectivity index (χ3n) is 28.6. The number of carbonyl (C=O) groups is 11. The van der Waals surface area contributed by atoms with Crippen LogP contribution in [0, 0.1) is 59.2 Å². The second-order valence-electron chi connectivity index (χ2n) is 39.5. The average Bonchev–Trinajstić information content (AvgIpc) is 1.68. The number of hydrogen-bond donors (Lipinski definition) is 5. The molecular formula is C106H178F10O20. The first-order chi connectivity index (χ1) is 64.4. The van der Waals surface area contributed by atoms with Gasteiger partial charge in [-0.1, -0.05) is 189 Å². The third-order valence-corrected chi connectivity index (χ3v) is 28.6. The van der Waals surface area contributed by atoms with E-state index in [1.165, 1.54) is 53.8 Å². The Hall–Kier alpha value is -5.91. The first-order valence-electron chi connectivity index (χ1n) is 52.6. The molecule has 0 aliphatic heterocycles. The molecule has 5 aliphatic rings. The first kappa shape index (κ1) is 128. The summed E-state index contributed by atoms with van der Waals surface area (Å²) < 4.78 is 159. The van der Waals surface area contributed by atoms with Gasteiger partial charge in [0.05, 0.1) is 32.5 Å². The van der Waals surface area contributed by atoms with Crippen molar-refractivity contribution in [1.29, 1.82) is 0 Å². The van der Waals surface area contributed by atoms with E-state index in [0.29, 0.717) is 141 Å². The maximum Gasteiger partial charge on any atom is 0.309 e. The molecule has 0 aromatic heterocycles. The molecule has 136 heavy (non-hydrogen) atoms. The highest BCUT2D eigenvalue weighted by atomic mass is 19.3. The van der Waals surface area contributed by atoms with E-state index in [4.69, 9.17) is 19.7 Å². The van der Waals surface area contributed by atoms with Crippen molar-refractivity contribution in [3.8, 4) is 0 Å². The van der Waals surface area contributed by atoms with E-state index in [1.807, 2.05) is 34.6 Å². The monoisotopic (exact) mass is 1960 g/mol. The molecular weight excluding hydrogens is 1780 g/mol. The third kappa shape index (κ3) is 54.9. The molecule has 792 valence electrons. The predicted octanol–water partition coefficient (Wildman–Crippen LogP) is 26.9. The number of aliphatic hydroxyl groups excluding tert-OH is 3. The number of hydrogen-bond acceptors (Lipinski definition) is 18. The number of halogens is 10. The topological polar surface area (TPSA) is 326 Å². The zero-order valence-electron chi connectivity index (χ0n) is 84.5. The predicted molar refractivity (Wildman–Crippen MR) is 507 cm³/mol. The molecule has 0 aromatic carbocycles. The molecule has 20 nitrogen and oxygen atoms in total. The van der Waals surface area contributed by atoms with E-state index in [0.717, 1.165) is 173 Å². The standard InChI is InChI=1S/C23H38F2O5.C23H36F2O5.2C20H34F2O4.C20H36F2O2/c2*1-4-5-16-23(24,25)21(27)15-13-18-12-14-20(30-17(2)26)19(18)10-8-6-7-9-11-22(28)29-3;2*1-2-3-14-20(21,22)18(24)13-11-15-10-12-17(23)16(15)8-6-4-5-7-9-19(25)26;1-3-5-7-8-9-10-17-16(11-13-18(17)23)12-14-19(24)20(21,22)15-6-4-2/h18-20H,4-16H2,1-3H3;13,15,18-20H,4-12,14,16H2,1-3H3;2*15-17,23H,2-14H2,1H3,(H,25,26);16-18,23H,3-15H2,1-2H3/b;15-13+;;;/t2*18-,19-,20+;2*15-,16-,17+;16-,17-,18+/m11111/s1. The van der Waals surface area contributed by atoms with Crippen molar-refractivity contribution in [2.45, 2.75) is 520 Å². The van der Waals surface area contributed by atoms with Crippen molar-refractivity contribution in [2.75, 3.05) is 14.2 Å². The highest BCUT2D eigenvalue weighted by Gasteiger charge is 2.46. The molecule has 0 spiro atoms. The van der Waals surface area contributed by atoms with Crippen LogP contribution in [0.15, 0.2) is 12.2 Å². The van der Waals surface area contributed by atoms with Crippen LogP contribution in [0.4, 0.5) is 43.9 Å². The van der Waals surface area contributed by atoms with E-state index in [1.54, 1.807) is 6.08 Å². The Labute approximate surface area is 807 Å². The lowest BCUT2D eigenvalue weighted by atomic mass is 9.85. The number of rotatable bonds is 70. The van der Waals surface area contributed by atoms with Crippen molar-refractivity contribution in [1.82, 2.24) is 0 Å². The Morgan fingerprint density at radius 1 is 0.287 bits per heavy atom. The van der Waals surface area contributed by atoms with Crippen LogP contribution in [-0.2, 0) is 71.7 Å². The minimum absolute atomic E-state index is 0.0165. The number of aliphatic carboxylic acids is 2. The number of alkyl halides is 10. The second kappa shape index (κ2) is 72.4. The van der Waals surface area contributed by atoms with Gasteiger partial charge in [-0.3, -0.25) is 52.7 Å². The van der Waals surface area contributed by atoms with Gasteiger partial charge in [0.15, 0.2) is 0 Å². The van der Waals surface area contributed by atoms with Crippen LogP contribution in [0.25, 0.3) is 0 Å². The van der Waals surface area contributed by atoms with Crippen molar-refractivity contribution < 1.29 is 141 Å². The maximum absolute atomic E-state index is 14.0. The van der Waals surface area contributed by atoms with E-state index >= 15 is 0 Å². The summed E-state index contributed by atoms with van der Waals surface area (Å²) in [6.45, 7) is 14.1. The zero-order chi connectivity index (χ0) is 102. The Bertz CT molecular complexity index is 3280. The number of ether oxygens (including phenoxy) is 4. The number of carbonyl (C=O) groups excluding carboxylic acids is 9. The van der Waals surface area contributed by atoms with Crippen LogP contribution in [0.3, 0.4) is 0 Å². The molecule has 5 N–H and O–H groups in total. The number of allylic oxidation sites excluding steroid dienone is 2. The summed E-state index contributed by atoms with van der Waals surface area (Å²) in [5, 5.41) is 47.7. The quantitative estimate of drug-likeness (QED) is 0.0124. The number of carboxylic acid groups (broad SMARTS) is 2. The summed E-state index contributed by atoms with van der Waals surface area (Å²) in [4.78, 5) is 126. The largest absolute Gasteiger partial charge is 0.481 e. The molecule has 0 unspecified atom stereocenters. The van der Waals surface area contributed by atoms with Gasteiger partial charge in [-0.25, -0.2) is 0 Å². The van der Waals surface area contributed by atoms with E-state index in [9.17, 15) is 112 Å². The number of unbranched alkanes of at least 4 members (excludes halogenated alkanes) is 21. The molecule has 5 fully saturated rings. The molecule has 5 aliphatic carbocycles. The summed E-state index contributed by atoms with van der Waals surface area (Å²) >= 11 is 0. The van der Waals surface area contributed by atoms with Crippen LogP contribution in [0.2, 0.25) is 0 Å². The van der Waals surface area contributed by atoms with Crippen LogP contribution in [0.5, 0.6) is 0 Å². The first-order valence-corrected chi connectivity index (χ1v) is 52.6. The number of ketones is 5. The fourth-order valence-electron chi connectivity index (χ4n) is 20.3. The number of aliphatic hydroxyl groups is 3. The van der Waals surface area contributed by atoms with Gasteiger partial charge in [-0.05, 0) is 239 Å². The number of carboxylic acids is 2. The molecule has 0 heterocycles. The molecule has 15 atom stereocenters. The smallest absolute Gasteiger partial charge is 0.309 e. The highest BCUT2D eigenvalue weighted by molar-refractivity contribution is 5.95. The van der Waals surface area contributed by atoms with Crippen molar-refractivity contribution in [3.05, 3.63) is 12.2 Å². The molecule has 0 amide bonds. The van der Waals surface area contributed by atoms with Gasteiger partial charge in [0.2, 0.25) is 28.9 Å². The Balaban J connectivity index is 0.000000852. The van der Waals surface area contributed by atoms with Gasteiger partial charge in [0.25, 0.3) is 0 Å². The Kier molecular flexibility index (Phi) is 68.2. The summed E-state index contributed by atoms with van der Waals surface area (Å²) in [5.41, 5.74) is 0. The summed E-state index contributed by atoms with van der Waals surface area (Å²) in [7, 11) is 2.75. The van der Waals surface area contributed by atoms with E-state index in [2.05, 4.69) is 16.4 Å². The highest BCUT2D eigenvalue weighted by Crippen LogP contribution is 2.46. The van der Waals surface area contributed by atoms with Crippen LogP contribution >= 0.6 is 0 Å². The van der Waals surface area contributed by atoms with Crippen molar-refractivity contribution >= 4 is 64.7 Å². The van der Waals surface area contributed by atoms with E-state index in [-0.39, 0.29) is 166 Å². The summed E-state index contributed by atoms with van der Waals surface area (Å²) in [5.74, 6) is -22.7. The fraction of sp³-hybridized carbons (Fsp3) is 0.877. The van der Waals surface area contributed by atoms with Gasteiger partial charge >= 0.3 is 65.4 Å². The lowest BCUT2D eigenvalue weighted by Crippen LogP contribution is -2.30. The van der Waals surface area contributed by atoms with Crippen LogP contribution in [0.1, 0.15) is 460 Å². The van der Waals surface area contributed by atoms with Gasteiger partial charge < -0.3 is 44.5 Å². The van der Waals surface area contributed by atoms with Crippen LogP contribution in [-0.4, -0.2) is 165 Å². The van der Waals surface area contributed by atoms with Gasteiger partial charge in [0.1, 0.15) is 12.2 Å². The molecule has 30 heteroatoms. The van der Waals surface area contributed by atoms with Crippen molar-refractivity contribution in [2.24, 2.45) is 59.2 Å². The second-order valence-corrected chi connectivity index (χ2v) is 39.5. The van der Waals surface area contributed by atoms with Crippen molar-refractivity contribution in [3.63, 3.8) is 0 Å². The van der Waals surface area contributed by atoms with Gasteiger partial charge in [0, 0.05) is 103 Å². The minimum Gasteiger partial charge on any atom is -0.481 e. The molecule has 0 bridgehead atoms. The van der Waals surface area contributed by atoms with E-state index < -0.39 is 89.1 Å². The number of methoxy groups -OCH3 is 2. The molecule has 0 saturated heterocycles. The Morgan fingerprint density at radius 3 is 0.831 bits per heavy atom. The summed E-state index contributed by atoms with van der Waals surface area (Å²) in [6.07, 6.45) is 38.0. The molecule has 0 aromatic rings. The molecule has 0 radical (unpaired) electrons.